The molecule has 1 aromatic carbocycles. The Balaban J connectivity index is 1.92. The highest BCUT2D eigenvalue weighted by Gasteiger charge is 2.23. The Morgan fingerprint density at radius 2 is 2.21 bits per heavy atom. The number of carbonyl (C=O) groups excluding carboxylic acids is 1. The van der Waals surface area contributed by atoms with Crippen LogP contribution in [-0.2, 0) is 11.0 Å². The zero-order valence-corrected chi connectivity index (χ0v) is 11.5. The predicted octanol–water partition coefficient (Wildman–Crippen LogP) is 0.953. The summed E-state index contributed by atoms with van der Waals surface area (Å²) in [4.78, 5) is 14.2. The molecule has 1 amide bonds. The van der Waals surface area contributed by atoms with Gasteiger partial charge in [0.1, 0.15) is 0 Å². The Hall–Kier alpha value is -1.33. The van der Waals surface area contributed by atoms with Gasteiger partial charge in [-0.2, -0.15) is 0 Å². The van der Waals surface area contributed by atoms with Gasteiger partial charge in [0.15, 0.2) is 0 Å². The lowest BCUT2D eigenvalue weighted by Gasteiger charge is -2.16. The topological polar surface area (TPSA) is 55.6 Å². The number of hydrogen-bond donors (Lipinski definition) is 1. The lowest BCUT2D eigenvalue weighted by atomic mass is 9.89. The molecule has 5 heteroatoms. The van der Waals surface area contributed by atoms with Crippen molar-refractivity contribution in [3.05, 3.63) is 35.4 Å². The third-order valence-corrected chi connectivity index (χ3v) is 3.56. The zero-order chi connectivity index (χ0) is 13.7. The number of amides is 1. The molecule has 0 bridgehead atoms. The summed E-state index contributed by atoms with van der Waals surface area (Å²) < 4.78 is 5.11. The fourth-order valence-electron chi connectivity index (χ4n) is 2.39. The van der Waals surface area contributed by atoms with Crippen LogP contribution >= 0.6 is 0 Å². The number of hydrogen-bond acceptors (Lipinski definition) is 3. The van der Waals surface area contributed by atoms with Gasteiger partial charge in [-0.05, 0) is 30.8 Å². The van der Waals surface area contributed by atoms with Gasteiger partial charge in [-0.3, -0.25) is 4.79 Å². The molecule has 1 aromatic rings. The van der Waals surface area contributed by atoms with Crippen LogP contribution in [0.4, 0.5) is 0 Å². The van der Waals surface area contributed by atoms with E-state index < -0.39 is 0 Å². The van der Waals surface area contributed by atoms with Gasteiger partial charge >= 0.3 is 0 Å². The maximum atomic E-state index is 12.2. The van der Waals surface area contributed by atoms with Gasteiger partial charge in [0.25, 0.3) is 13.4 Å². The summed E-state index contributed by atoms with van der Waals surface area (Å²) in [7, 11) is 0.618. The van der Waals surface area contributed by atoms with E-state index in [4.69, 9.17) is 10.4 Å². The highest BCUT2D eigenvalue weighted by Crippen LogP contribution is 2.18. The molecule has 102 valence electrons. The molecule has 1 aliphatic rings. The smallest absolute Gasteiger partial charge is 0.281 e. The molecule has 0 aromatic heterocycles. The molecule has 1 heterocycles. The number of carbonyl (C=O) groups is 1. The Kier molecular flexibility index (Phi) is 4.99. The Labute approximate surface area is 115 Å². The van der Waals surface area contributed by atoms with E-state index in [0.29, 0.717) is 13.4 Å². The molecule has 1 atom stereocenters. The Morgan fingerprint density at radius 1 is 1.47 bits per heavy atom. The summed E-state index contributed by atoms with van der Waals surface area (Å²) in [6.07, 6.45) is 1.94. The van der Waals surface area contributed by atoms with Gasteiger partial charge in [0, 0.05) is 18.7 Å². The summed E-state index contributed by atoms with van der Waals surface area (Å²) in [5, 5.41) is 0. The summed E-state index contributed by atoms with van der Waals surface area (Å²) in [5.74, 6) is 0.769. The van der Waals surface area contributed by atoms with Crippen molar-refractivity contribution in [1.29, 1.82) is 0 Å². The van der Waals surface area contributed by atoms with E-state index in [0.717, 1.165) is 31.4 Å². The molecule has 0 spiro atoms. The first-order valence-electron chi connectivity index (χ1n) is 6.86. The number of nitrogens with zero attached hydrogens (tertiary/aromatic N) is 1. The van der Waals surface area contributed by atoms with E-state index in [1.807, 2.05) is 29.2 Å². The van der Waals surface area contributed by atoms with Gasteiger partial charge in [-0.25, -0.2) is 0 Å². The molecule has 0 unspecified atom stereocenters. The fourth-order valence-corrected chi connectivity index (χ4v) is 2.39. The molecule has 4 nitrogen and oxygen atoms in total. The normalized spacial score (nSPS) is 18.6. The van der Waals surface area contributed by atoms with Crippen molar-refractivity contribution in [2.24, 2.45) is 11.7 Å². The highest BCUT2D eigenvalue weighted by molar-refractivity contribution is 6.26. The van der Waals surface area contributed by atoms with E-state index in [9.17, 15) is 4.79 Å². The Morgan fingerprint density at radius 3 is 2.79 bits per heavy atom. The molecule has 0 saturated carbocycles. The minimum Gasteiger partial charge on any atom is -0.427 e. The Bertz CT molecular complexity index is 422. The number of rotatable bonds is 5. The highest BCUT2D eigenvalue weighted by atomic mass is 16.4. The summed E-state index contributed by atoms with van der Waals surface area (Å²) in [6, 6.07) is 7.80. The monoisotopic (exact) mass is 260 g/mol. The largest absolute Gasteiger partial charge is 0.427 e. The lowest BCUT2D eigenvalue weighted by molar-refractivity contribution is 0.0788. The first-order chi connectivity index (χ1) is 9.20. The first-order valence-corrected chi connectivity index (χ1v) is 6.86. The van der Waals surface area contributed by atoms with Gasteiger partial charge in [0.05, 0.1) is 6.73 Å². The van der Waals surface area contributed by atoms with E-state index in [-0.39, 0.29) is 12.6 Å². The SMILES string of the molecule is C[C@H]1CCN(C(=O)c2ccc(CBOCN)cc2)C1. The van der Waals surface area contributed by atoms with E-state index in [1.54, 1.807) is 0 Å². The molecule has 2 N–H and O–H groups in total. The van der Waals surface area contributed by atoms with Crippen molar-refractivity contribution in [3.63, 3.8) is 0 Å². The van der Waals surface area contributed by atoms with Crippen LogP contribution in [0.1, 0.15) is 29.3 Å². The van der Waals surface area contributed by atoms with Crippen LogP contribution in [0.2, 0.25) is 0 Å². The van der Waals surface area contributed by atoms with Crippen molar-refractivity contribution < 1.29 is 9.45 Å². The van der Waals surface area contributed by atoms with Crippen LogP contribution in [0.5, 0.6) is 0 Å². The summed E-state index contributed by atoms with van der Waals surface area (Å²) in [6.45, 7) is 4.20. The molecular weight excluding hydrogens is 239 g/mol. The quantitative estimate of drug-likeness (QED) is 0.487. The zero-order valence-electron chi connectivity index (χ0n) is 11.5. The van der Waals surface area contributed by atoms with Gasteiger partial charge in [-0.1, -0.05) is 24.6 Å². The van der Waals surface area contributed by atoms with Crippen LogP contribution in [-0.4, -0.2) is 38.1 Å². The van der Waals surface area contributed by atoms with Crippen molar-refractivity contribution in [2.75, 3.05) is 19.8 Å². The number of benzene rings is 1. The van der Waals surface area contributed by atoms with Crippen LogP contribution in [0.25, 0.3) is 0 Å². The molecular formula is C14H21BN2O2. The van der Waals surface area contributed by atoms with E-state index >= 15 is 0 Å². The number of likely N-dealkylation sites (tertiary alicyclic amines) is 1. The molecule has 19 heavy (non-hydrogen) atoms. The van der Waals surface area contributed by atoms with Gasteiger partial charge < -0.3 is 15.3 Å². The van der Waals surface area contributed by atoms with Gasteiger partial charge in [0.2, 0.25) is 0 Å². The maximum Gasteiger partial charge on any atom is 0.281 e. The molecule has 0 aliphatic carbocycles. The van der Waals surface area contributed by atoms with Crippen LogP contribution in [0.3, 0.4) is 0 Å². The lowest BCUT2D eigenvalue weighted by Crippen LogP contribution is -2.28. The third kappa shape index (κ3) is 3.82. The second-order valence-corrected chi connectivity index (χ2v) is 5.17. The molecule has 2 rings (SSSR count). The van der Waals surface area contributed by atoms with Crippen molar-refractivity contribution >= 4 is 13.4 Å². The van der Waals surface area contributed by atoms with E-state index in [2.05, 4.69) is 6.92 Å². The van der Waals surface area contributed by atoms with Gasteiger partial charge in [-0.15, -0.1) is 0 Å². The average Bonchev–Trinajstić information content (AvgIpc) is 2.86. The molecule has 1 saturated heterocycles. The van der Waals surface area contributed by atoms with Crippen molar-refractivity contribution in [1.82, 2.24) is 4.90 Å². The summed E-state index contributed by atoms with van der Waals surface area (Å²) in [5.41, 5.74) is 7.21. The minimum absolute atomic E-state index is 0.147. The van der Waals surface area contributed by atoms with E-state index in [1.165, 1.54) is 5.56 Å². The van der Waals surface area contributed by atoms with Crippen molar-refractivity contribution in [3.8, 4) is 0 Å². The second kappa shape index (κ2) is 6.73. The fraction of sp³-hybridized carbons (Fsp3) is 0.500. The van der Waals surface area contributed by atoms with Crippen molar-refractivity contribution in [2.45, 2.75) is 19.7 Å². The van der Waals surface area contributed by atoms with Crippen LogP contribution in [0.15, 0.2) is 24.3 Å². The second-order valence-electron chi connectivity index (χ2n) is 5.17. The minimum atomic E-state index is 0.147. The third-order valence-electron chi connectivity index (χ3n) is 3.56. The molecule has 1 aliphatic heterocycles. The maximum absolute atomic E-state index is 12.2. The standard InChI is InChI=1S/C14H21BN2O2/c1-11-6-7-17(9-11)14(18)13-4-2-12(3-5-13)8-15-19-10-16/h2-5,11,15H,6-10,16H2,1H3/t11-/m0/s1. The number of nitrogens with two attached hydrogens (primary N) is 1. The molecule has 0 radical (unpaired) electrons. The van der Waals surface area contributed by atoms with Crippen LogP contribution in [0, 0.1) is 5.92 Å². The predicted molar refractivity (Wildman–Crippen MR) is 77.1 cm³/mol. The summed E-state index contributed by atoms with van der Waals surface area (Å²) >= 11 is 0. The average molecular weight is 260 g/mol. The molecule has 1 fully saturated rings. The van der Waals surface area contributed by atoms with Crippen LogP contribution < -0.4 is 5.73 Å². The first kappa shape index (κ1) is 14.1.